The lowest BCUT2D eigenvalue weighted by atomic mass is 9.98. The van der Waals surface area contributed by atoms with Gasteiger partial charge in [-0.3, -0.25) is 4.79 Å². The van der Waals surface area contributed by atoms with E-state index in [1.165, 1.54) is 5.56 Å². The van der Waals surface area contributed by atoms with E-state index in [1.54, 1.807) is 4.90 Å². The number of hydrogen-bond acceptors (Lipinski definition) is 2. The van der Waals surface area contributed by atoms with Crippen molar-refractivity contribution in [1.82, 2.24) is 4.90 Å². The zero-order chi connectivity index (χ0) is 12.3. The fourth-order valence-electron chi connectivity index (χ4n) is 1.44. The van der Waals surface area contributed by atoms with Crippen molar-refractivity contribution in [2.75, 3.05) is 14.1 Å². The SMILES string of the molecule is Cc1cc(C)c(C(=O)C#CN(C)C)cc1C. The molecule has 1 rings (SSSR count). The van der Waals surface area contributed by atoms with Gasteiger partial charge in [0, 0.05) is 25.7 Å². The molecule has 0 aliphatic rings. The zero-order valence-electron chi connectivity index (χ0n) is 10.5. The quantitative estimate of drug-likeness (QED) is 0.407. The van der Waals surface area contributed by atoms with Crippen LogP contribution in [0.2, 0.25) is 0 Å². The van der Waals surface area contributed by atoms with Gasteiger partial charge in [-0.2, -0.15) is 0 Å². The van der Waals surface area contributed by atoms with E-state index >= 15 is 0 Å². The molecule has 0 aliphatic heterocycles. The zero-order valence-corrected chi connectivity index (χ0v) is 10.5. The first-order valence-electron chi connectivity index (χ1n) is 5.23. The van der Waals surface area contributed by atoms with Gasteiger partial charge in [0.15, 0.2) is 0 Å². The van der Waals surface area contributed by atoms with Gasteiger partial charge in [0.2, 0.25) is 5.78 Å². The average Bonchev–Trinajstić information content (AvgIpc) is 2.20. The van der Waals surface area contributed by atoms with Crippen molar-refractivity contribution < 1.29 is 4.79 Å². The van der Waals surface area contributed by atoms with Gasteiger partial charge in [0.05, 0.1) is 0 Å². The summed E-state index contributed by atoms with van der Waals surface area (Å²) in [6, 6.07) is 6.68. The summed E-state index contributed by atoms with van der Waals surface area (Å²) in [5.41, 5.74) is 4.02. The lowest BCUT2D eigenvalue weighted by molar-refractivity contribution is 0.105. The van der Waals surface area contributed by atoms with Gasteiger partial charge in [-0.1, -0.05) is 6.07 Å². The Morgan fingerprint density at radius 3 is 2.19 bits per heavy atom. The van der Waals surface area contributed by atoms with Crippen LogP contribution < -0.4 is 0 Å². The van der Waals surface area contributed by atoms with Crippen molar-refractivity contribution in [2.24, 2.45) is 0 Å². The number of hydrogen-bond donors (Lipinski definition) is 0. The van der Waals surface area contributed by atoms with Crippen LogP contribution in [0.4, 0.5) is 0 Å². The van der Waals surface area contributed by atoms with E-state index in [2.05, 4.69) is 12.0 Å². The van der Waals surface area contributed by atoms with Crippen molar-refractivity contribution in [1.29, 1.82) is 0 Å². The molecule has 2 nitrogen and oxygen atoms in total. The molecule has 0 aromatic heterocycles. The normalized spacial score (nSPS) is 9.31. The molecule has 0 saturated carbocycles. The van der Waals surface area contributed by atoms with Gasteiger partial charge in [0.1, 0.15) is 0 Å². The number of carbonyl (C=O) groups excluding carboxylic acids is 1. The molecule has 0 unspecified atom stereocenters. The van der Waals surface area contributed by atoms with Crippen LogP contribution >= 0.6 is 0 Å². The van der Waals surface area contributed by atoms with E-state index in [1.807, 2.05) is 47.0 Å². The van der Waals surface area contributed by atoms with E-state index < -0.39 is 0 Å². The third-order valence-corrected chi connectivity index (χ3v) is 2.48. The summed E-state index contributed by atoms with van der Waals surface area (Å²) in [5, 5.41) is 0. The molecule has 0 N–H and O–H groups in total. The number of benzene rings is 1. The molecule has 0 radical (unpaired) electrons. The third-order valence-electron chi connectivity index (χ3n) is 2.48. The molecule has 0 amide bonds. The van der Waals surface area contributed by atoms with Crippen LogP contribution in [0.5, 0.6) is 0 Å². The minimum absolute atomic E-state index is 0.116. The maximum atomic E-state index is 11.8. The van der Waals surface area contributed by atoms with Crippen LogP contribution in [0.25, 0.3) is 0 Å². The Labute approximate surface area is 97.3 Å². The highest BCUT2D eigenvalue weighted by Crippen LogP contribution is 2.15. The molecular weight excluding hydrogens is 198 g/mol. The maximum Gasteiger partial charge on any atom is 0.237 e. The molecule has 0 heterocycles. The van der Waals surface area contributed by atoms with Crippen molar-refractivity contribution in [2.45, 2.75) is 20.8 Å². The Morgan fingerprint density at radius 1 is 1.06 bits per heavy atom. The second-order valence-corrected chi connectivity index (χ2v) is 4.21. The summed E-state index contributed by atoms with van der Waals surface area (Å²) in [6.07, 6.45) is 0. The molecule has 0 saturated heterocycles. The number of nitrogens with zero attached hydrogens (tertiary/aromatic N) is 1. The van der Waals surface area contributed by atoms with Gasteiger partial charge >= 0.3 is 0 Å². The Kier molecular flexibility index (Phi) is 3.73. The highest BCUT2D eigenvalue weighted by Gasteiger charge is 2.08. The number of ketones is 1. The largest absolute Gasteiger partial charge is 0.338 e. The van der Waals surface area contributed by atoms with Gasteiger partial charge in [-0.15, -0.1) is 0 Å². The summed E-state index contributed by atoms with van der Waals surface area (Å²) in [4.78, 5) is 13.5. The molecule has 1 aromatic rings. The van der Waals surface area contributed by atoms with E-state index in [0.29, 0.717) is 5.56 Å². The first-order chi connectivity index (χ1) is 7.41. The summed E-state index contributed by atoms with van der Waals surface area (Å²) in [6.45, 7) is 5.99. The van der Waals surface area contributed by atoms with Gasteiger partial charge < -0.3 is 4.90 Å². The Morgan fingerprint density at radius 2 is 1.62 bits per heavy atom. The summed E-state index contributed by atoms with van der Waals surface area (Å²) in [7, 11) is 3.63. The van der Waals surface area contributed by atoms with E-state index in [0.717, 1.165) is 11.1 Å². The predicted molar refractivity (Wildman–Crippen MR) is 66.4 cm³/mol. The summed E-state index contributed by atoms with van der Waals surface area (Å²) >= 11 is 0. The van der Waals surface area contributed by atoms with Crippen molar-refractivity contribution in [3.05, 3.63) is 34.4 Å². The molecule has 1 aromatic carbocycles. The van der Waals surface area contributed by atoms with Crippen LogP contribution in [0.3, 0.4) is 0 Å². The highest BCUT2D eigenvalue weighted by molar-refractivity contribution is 6.10. The van der Waals surface area contributed by atoms with Crippen molar-refractivity contribution in [3.8, 4) is 12.0 Å². The van der Waals surface area contributed by atoms with Crippen LogP contribution in [-0.4, -0.2) is 24.8 Å². The lowest BCUT2D eigenvalue weighted by Gasteiger charge is -2.06. The van der Waals surface area contributed by atoms with Crippen molar-refractivity contribution in [3.63, 3.8) is 0 Å². The molecule has 0 spiro atoms. The first kappa shape index (κ1) is 12.3. The number of Topliss-reactive ketones (excluding diaryl/α,β-unsaturated/α-hetero) is 1. The maximum absolute atomic E-state index is 11.8. The number of aryl methyl sites for hydroxylation is 3. The summed E-state index contributed by atoms with van der Waals surface area (Å²) < 4.78 is 0. The fraction of sp³-hybridized carbons (Fsp3) is 0.357. The monoisotopic (exact) mass is 215 g/mol. The minimum Gasteiger partial charge on any atom is -0.338 e. The second-order valence-electron chi connectivity index (χ2n) is 4.21. The molecule has 0 atom stereocenters. The van der Waals surface area contributed by atoms with Crippen LogP contribution in [0.15, 0.2) is 12.1 Å². The molecule has 0 bridgehead atoms. The molecule has 0 fully saturated rings. The van der Waals surface area contributed by atoms with Gasteiger partial charge in [-0.05, 0) is 49.4 Å². The van der Waals surface area contributed by atoms with Crippen LogP contribution in [0, 0.1) is 32.7 Å². The van der Waals surface area contributed by atoms with Gasteiger partial charge in [-0.25, -0.2) is 0 Å². The average molecular weight is 215 g/mol. The molecule has 84 valence electrons. The third kappa shape index (κ3) is 2.87. The van der Waals surface area contributed by atoms with E-state index in [9.17, 15) is 4.79 Å². The highest BCUT2D eigenvalue weighted by atomic mass is 16.1. The summed E-state index contributed by atoms with van der Waals surface area (Å²) in [5.74, 6) is 2.51. The predicted octanol–water partition coefficient (Wildman–Crippen LogP) is 2.32. The fourth-order valence-corrected chi connectivity index (χ4v) is 1.44. The Hall–Kier alpha value is -1.75. The van der Waals surface area contributed by atoms with Crippen LogP contribution in [0.1, 0.15) is 27.0 Å². The Bertz CT molecular complexity index is 475. The smallest absolute Gasteiger partial charge is 0.237 e. The molecule has 16 heavy (non-hydrogen) atoms. The van der Waals surface area contributed by atoms with Gasteiger partial charge in [0.25, 0.3) is 0 Å². The molecule has 0 aliphatic carbocycles. The molecular formula is C14H17NO. The topological polar surface area (TPSA) is 20.3 Å². The number of rotatable bonds is 1. The minimum atomic E-state index is -0.116. The Balaban J connectivity index is 3.11. The van der Waals surface area contributed by atoms with Crippen molar-refractivity contribution >= 4 is 5.78 Å². The number of carbonyl (C=O) groups is 1. The van der Waals surface area contributed by atoms with Crippen LogP contribution in [-0.2, 0) is 0 Å². The standard InChI is InChI=1S/C14H17NO/c1-10-8-12(3)13(9-11(10)2)14(16)6-7-15(4)5/h8-9H,1-5H3. The van der Waals surface area contributed by atoms with E-state index in [4.69, 9.17) is 0 Å². The second kappa shape index (κ2) is 4.85. The first-order valence-corrected chi connectivity index (χ1v) is 5.23. The molecule has 2 heteroatoms. The van der Waals surface area contributed by atoms with E-state index in [-0.39, 0.29) is 5.78 Å². The lowest BCUT2D eigenvalue weighted by Crippen LogP contribution is -2.05.